The number of halogens is 3. The molecule has 3 aromatic rings. The summed E-state index contributed by atoms with van der Waals surface area (Å²) in [6, 6.07) is 16.5. The van der Waals surface area contributed by atoms with Crippen LogP contribution in [0.4, 0.5) is 5.69 Å². The van der Waals surface area contributed by atoms with E-state index in [0.29, 0.717) is 26.3 Å². The van der Waals surface area contributed by atoms with Gasteiger partial charge in [0.25, 0.3) is 10.0 Å². The molecule has 7 nitrogen and oxygen atoms in total. The molecule has 0 heterocycles. The van der Waals surface area contributed by atoms with Gasteiger partial charge in [0, 0.05) is 17.1 Å². The molecule has 0 aliphatic rings. The lowest BCUT2D eigenvalue weighted by Gasteiger charge is -2.33. The van der Waals surface area contributed by atoms with Crippen LogP contribution >= 0.6 is 34.8 Å². The average Bonchev–Trinajstić information content (AvgIpc) is 2.86. The molecule has 0 radical (unpaired) electrons. The van der Waals surface area contributed by atoms with Crippen LogP contribution in [-0.2, 0) is 26.2 Å². The minimum absolute atomic E-state index is 0.00288. The minimum Gasteiger partial charge on any atom is -0.350 e. The van der Waals surface area contributed by atoms with Crippen molar-refractivity contribution in [3.05, 3.63) is 92.9 Å². The number of carbonyl (C=O) groups is 2. The van der Waals surface area contributed by atoms with Crippen molar-refractivity contribution >= 4 is 62.3 Å². The summed E-state index contributed by atoms with van der Waals surface area (Å²) in [6.07, 6.45) is 0. The molecule has 0 spiro atoms. The largest absolute Gasteiger partial charge is 0.350 e. The predicted molar refractivity (Wildman–Crippen MR) is 162 cm³/mol. The molecule has 214 valence electrons. The van der Waals surface area contributed by atoms with Crippen molar-refractivity contribution in [3.8, 4) is 0 Å². The molecule has 0 bridgehead atoms. The number of carbonyl (C=O) groups excluding carboxylic acids is 2. The summed E-state index contributed by atoms with van der Waals surface area (Å²) in [4.78, 5) is 28.4. The maximum atomic E-state index is 14.0. The van der Waals surface area contributed by atoms with Crippen LogP contribution in [0.25, 0.3) is 0 Å². The average molecular weight is 625 g/mol. The van der Waals surface area contributed by atoms with Gasteiger partial charge in [-0.25, -0.2) is 8.42 Å². The lowest BCUT2D eigenvalue weighted by atomic mass is 10.1. The topological polar surface area (TPSA) is 86.8 Å². The van der Waals surface area contributed by atoms with Crippen LogP contribution < -0.4 is 9.62 Å². The van der Waals surface area contributed by atoms with Crippen LogP contribution in [0.5, 0.6) is 0 Å². The van der Waals surface area contributed by atoms with Gasteiger partial charge >= 0.3 is 0 Å². The summed E-state index contributed by atoms with van der Waals surface area (Å²) >= 11 is 18.3. The van der Waals surface area contributed by atoms with Gasteiger partial charge in [0.1, 0.15) is 12.6 Å². The normalized spacial score (nSPS) is 12.5. The summed E-state index contributed by atoms with van der Waals surface area (Å²) < 4.78 is 28.7. The molecular weight excluding hydrogens is 593 g/mol. The smallest absolute Gasteiger partial charge is 0.264 e. The molecule has 1 N–H and O–H groups in total. The van der Waals surface area contributed by atoms with E-state index in [1.165, 1.54) is 29.2 Å². The van der Waals surface area contributed by atoms with Gasteiger partial charge in [-0.15, -0.1) is 0 Å². The quantitative estimate of drug-likeness (QED) is 0.295. The Morgan fingerprint density at radius 1 is 0.925 bits per heavy atom. The van der Waals surface area contributed by atoms with E-state index in [-0.39, 0.29) is 17.3 Å². The number of hydrogen-bond donors (Lipinski definition) is 1. The molecule has 0 saturated carbocycles. The Morgan fingerprint density at radius 3 is 2.15 bits per heavy atom. The van der Waals surface area contributed by atoms with Crippen LogP contribution in [-0.4, -0.2) is 43.3 Å². The Hall–Kier alpha value is -2.78. The third kappa shape index (κ3) is 8.13. The maximum absolute atomic E-state index is 14.0. The standard InChI is InChI=1S/C29H32Cl3N3O4S/c1-19-7-6-8-23(15-19)35(40(38,39)24-12-10-22(30)11-13-24)18-27(36)34(20(2)28(37)33-29(3,4)5)17-21-9-14-25(31)26(32)16-21/h6-16,20H,17-18H2,1-5H3,(H,33,37). The summed E-state index contributed by atoms with van der Waals surface area (Å²) in [6.45, 7) is 8.37. The van der Waals surface area contributed by atoms with E-state index in [2.05, 4.69) is 5.32 Å². The fraction of sp³-hybridized carbons (Fsp3) is 0.310. The Morgan fingerprint density at radius 2 is 1.57 bits per heavy atom. The molecule has 3 rings (SSSR count). The lowest BCUT2D eigenvalue weighted by Crippen LogP contribution is -2.54. The zero-order valence-electron chi connectivity index (χ0n) is 22.9. The number of nitrogens with zero attached hydrogens (tertiary/aromatic N) is 2. The molecule has 1 unspecified atom stereocenters. The van der Waals surface area contributed by atoms with Gasteiger partial charge in [0.2, 0.25) is 11.8 Å². The van der Waals surface area contributed by atoms with E-state index in [9.17, 15) is 18.0 Å². The first-order valence-corrected chi connectivity index (χ1v) is 15.1. The van der Waals surface area contributed by atoms with E-state index in [4.69, 9.17) is 34.8 Å². The van der Waals surface area contributed by atoms with Crippen molar-refractivity contribution in [2.45, 2.75) is 57.6 Å². The van der Waals surface area contributed by atoms with Crippen molar-refractivity contribution in [1.82, 2.24) is 10.2 Å². The fourth-order valence-corrected chi connectivity index (χ4v) is 5.79. The van der Waals surface area contributed by atoms with Gasteiger partial charge in [0.15, 0.2) is 0 Å². The number of hydrogen-bond acceptors (Lipinski definition) is 4. The Balaban J connectivity index is 2.05. The van der Waals surface area contributed by atoms with E-state index >= 15 is 0 Å². The predicted octanol–water partition coefficient (Wildman–Crippen LogP) is 6.48. The second-order valence-electron chi connectivity index (χ2n) is 10.5. The molecule has 0 saturated heterocycles. The number of aryl methyl sites for hydroxylation is 1. The molecule has 0 aliphatic heterocycles. The Labute approximate surface area is 251 Å². The van der Waals surface area contributed by atoms with Gasteiger partial charge in [-0.2, -0.15) is 0 Å². The first-order valence-electron chi connectivity index (χ1n) is 12.5. The van der Waals surface area contributed by atoms with Crippen molar-refractivity contribution in [2.24, 2.45) is 0 Å². The molecule has 1 atom stereocenters. The number of anilines is 1. The van der Waals surface area contributed by atoms with E-state index in [0.717, 1.165) is 9.87 Å². The zero-order chi connectivity index (χ0) is 29.8. The first kappa shape index (κ1) is 31.7. The van der Waals surface area contributed by atoms with Crippen molar-refractivity contribution in [1.29, 1.82) is 0 Å². The summed E-state index contributed by atoms with van der Waals surface area (Å²) in [5.41, 5.74) is 1.20. The van der Waals surface area contributed by atoms with E-state index < -0.39 is 34.1 Å². The van der Waals surface area contributed by atoms with Crippen LogP contribution in [0.2, 0.25) is 15.1 Å². The lowest BCUT2D eigenvalue weighted by molar-refractivity contribution is -0.140. The van der Waals surface area contributed by atoms with Crippen molar-refractivity contribution < 1.29 is 18.0 Å². The third-order valence-electron chi connectivity index (χ3n) is 5.97. The fourth-order valence-electron chi connectivity index (χ4n) is 3.94. The molecule has 3 aromatic carbocycles. The highest BCUT2D eigenvalue weighted by molar-refractivity contribution is 7.92. The molecule has 40 heavy (non-hydrogen) atoms. The van der Waals surface area contributed by atoms with Gasteiger partial charge in [-0.05, 0) is 94.3 Å². The van der Waals surface area contributed by atoms with Gasteiger partial charge in [-0.1, -0.05) is 53.0 Å². The third-order valence-corrected chi connectivity index (χ3v) is 8.75. The highest BCUT2D eigenvalue weighted by Gasteiger charge is 2.33. The molecule has 0 fully saturated rings. The van der Waals surface area contributed by atoms with Gasteiger partial charge < -0.3 is 10.2 Å². The Bertz CT molecular complexity index is 1490. The minimum atomic E-state index is -4.19. The van der Waals surface area contributed by atoms with Crippen LogP contribution in [0.15, 0.2) is 71.6 Å². The Kier molecular flexibility index (Phi) is 10.2. The van der Waals surface area contributed by atoms with Crippen molar-refractivity contribution in [2.75, 3.05) is 10.8 Å². The second kappa shape index (κ2) is 12.8. The SMILES string of the molecule is Cc1cccc(N(CC(=O)N(Cc2ccc(Cl)c(Cl)c2)C(C)C(=O)NC(C)(C)C)S(=O)(=O)c2ccc(Cl)cc2)c1. The van der Waals surface area contributed by atoms with Crippen molar-refractivity contribution in [3.63, 3.8) is 0 Å². The van der Waals surface area contributed by atoms with Gasteiger partial charge in [-0.3, -0.25) is 13.9 Å². The number of amides is 2. The molecule has 0 aliphatic carbocycles. The zero-order valence-corrected chi connectivity index (χ0v) is 26.0. The van der Waals surface area contributed by atoms with E-state index in [1.54, 1.807) is 43.3 Å². The maximum Gasteiger partial charge on any atom is 0.264 e. The van der Waals surface area contributed by atoms with E-state index in [1.807, 2.05) is 33.8 Å². The van der Waals surface area contributed by atoms with Crippen LogP contribution in [0.3, 0.4) is 0 Å². The highest BCUT2D eigenvalue weighted by atomic mass is 35.5. The monoisotopic (exact) mass is 623 g/mol. The van der Waals surface area contributed by atoms with Gasteiger partial charge in [0.05, 0.1) is 20.6 Å². The summed E-state index contributed by atoms with van der Waals surface area (Å²) in [5.74, 6) is -0.967. The first-order chi connectivity index (χ1) is 18.6. The number of benzene rings is 3. The molecule has 11 heteroatoms. The molecule has 2 amide bonds. The number of rotatable bonds is 9. The number of nitrogens with one attached hydrogen (secondary N) is 1. The molecular formula is C29H32Cl3N3O4S. The molecule has 0 aromatic heterocycles. The van der Waals surface area contributed by atoms with Crippen LogP contribution in [0.1, 0.15) is 38.8 Å². The summed E-state index contributed by atoms with van der Waals surface area (Å²) in [5, 5.41) is 3.91. The second-order valence-corrected chi connectivity index (χ2v) is 13.6. The summed E-state index contributed by atoms with van der Waals surface area (Å²) in [7, 11) is -4.19. The highest BCUT2D eigenvalue weighted by Crippen LogP contribution is 2.27. The number of sulfonamides is 1. The van der Waals surface area contributed by atoms with Crippen LogP contribution in [0, 0.1) is 6.92 Å².